The molecule has 0 aliphatic carbocycles. The minimum Gasteiger partial charge on any atom is -0.378 e. The summed E-state index contributed by atoms with van der Waals surface area (Å²) in [7, 11) is 0. The van der Waals surface area contributed by atoms with Crippen molar-refractivity contribution < 1.29 is 10.2 Å². The standard InChI is InChI=1S/2C21H16O/c2*1-21(2,22)13-12-14-6-7-17-9-8-15-4-3-5-16-10-11-18(14)20(17)19(15)16/h2*3-11,22H,1-2H3. The van der Waals surface area contributed by atoms with Gasteiger partial charge in [0.25, 0.3) is 0 Å². The maximum Gasteiger partial charge on any atom is 0.120 e. The molecule has 0 aliphatic heterocycles. The van der Waals surface area contributed by atoms with E-state index < -0.39 is 11.2 Å². The average molecular weight is 569 g/mol. The Balaban J connectivity index is 0.000000142. The Morgan fingerprint density at radius 1 is 0.386 bits per heavy atom. The van der Waals surface area contributed by atoms with Crippen LogP contribution in [0.25, 0.3) is 64.6 Å². The van der Waals surface area contributed by atoms with Crippen LogP contribution in [0.15, 0.2) is 109 Å². The fourth-order valence-corrected chi connectivity index (χ4v) is 6.13. The van der Waals surface area contributed by atoms with Crippen molar-refractivity contribution in [3.8, 4) is 23.7 Å². The Morgan fingerprint density at radius 2 is 0.682 bits per heavy atom. The van der Waals surface area contributed by atoms with Gasteiger partial charge in [0.2, 0.25) is 0 Å². The lowest BCUT2D eigenvalue weighted by atomic mass is 9.92. The van der Waals surface area contributed by atoms with Crippen molar-refractivity contribution >= 4 is 64.6 Å². The predicted octanol–water partition coefficient (Wildman–Crippen LogP) is 9.41. The summed E-state index contributed by atoms with van der Waals surface area (Å²) in [6, 6.07) is 38.3. The molecule has 8 aromatic rings. The molecular formula is C42H32O2. The highest BCUT2D eigenvalue weighted by Gasteiger charge is 2.12. The van der Waals surface area contributed by atoms with Crippen molar-refractivity contribution in [3.63, 3.8) is 0 Å². The van der Waals surface area contributed by atoms with Gasteiger partial charge >= 0.3 is 0 Å². The first-order valence-corrected chi connectivity index (χ1v) is 14.9. The number of rotatable bonds is 0. The molecule has 2 heteroatoms. The molecule has 0 saturated carbocycles. The molecule has 0 unspecified atom stereocenters. The van der Waals surface area contributed by atoms with Gasteiger partial charge in [0.1, 0.15) is 11.2 Å². The predicted molar refractivity (Wildman–Crippen MR) is 187 cm³/mol. The van der Waals surface area contributed by atoms with E-state index in [0.717, 1.165) is 21.9 Å². The van der Waals surface area contributed by atoms with Gasteiger partial charge in [-0.25, -0.2) is 0 Å². The van der Waals surface area contributed by atoms with Crippen LogP contribution in [0.5, 0.6) is 0 Å². The summed E-state index contributed by atoms with van der Waals surface area (Å²) in [5, 5.41) is 34.6. The van der Waals surface area contributed by atoms with Gasteiger partial charge in [-0.2, -0.15) is 0 Å². The second kappa shape index (κ2) is 10.3. The summed E-state index contributed by atoms with van der Waals surface area (Å²) in [6.07, 6.45) is 0. The lowest BCUT2D eigenvalue weighted by Crippen LogP contribution is -2.14. The quantitative estimate of drug-likeness (QED) is 0.141. The molecule has 8 rings (SSSR count). The summed E-state index contributed by atoms with van der Waals surface area (Å²) in [5.41, 5.74) is -0.0331. The second-order valence-corrected chi connectivity index (χ2v) is 12.6. The number of aliphatic hydroxyl groups is 2. The van der Waals surface area contributed by atoms with E-state index in [4.69, 9.17) is 0 Å². The molecule has 0 radical (unpaired) electrons. The molecule has 0 saturated heterocycles. The van der Waals surface area contributed by atoms with Crippen LogP contribution >= 0.6 is 0 Å². The van der Waals surface area contributed by atoms with E-state index in [1.807, 2.05) is 12.1 Å². The van der Waals surface area contributed by atoms with Crippen LogP contribution < -0.4 is 0 Å². The van der Waals surface area contributed by atoms with E-state index in [1.165, 1.54) is 53.9 Å². The molecule has 2 N–H and O–H groups in total. The molecule has 0 aromatic heterocycles. The van der Waals surface area contributed by atoms with E-state index in [1.54, 1.807) is 27.7 Å². The van der Waals surface area contributed by atoms with Gasteiger partial charge in [-0.3, -0.25) is 0 Å². The fourth-order valence-electron chi connectivity index (χ4n) is 6.13. The summed E-state index contributed by atoms with van der Waals surface area (Å²) < 4.78 is 0. The number of benzene rings is 8. The smallest absolute Gasteiger partial charge is 0.120 e. The number of hydrogen-bond donors (Lipinski definition) is 2. The first kappa shape index (κ1) is 27.7. The third kappa shape index (κ3) is 5.06. The molecule has 0 heterocycles. The summed E-state index contributed by atoms with van der Waals surface area (Å²) >= 11 is 0. The lowest BCUT2D eigenvalue weighted by Gasteiger charge is -2.12. The number of hydrogen-bond acceptors (Lipinski definition) is 2. The maximum atomic E-state index is 9.85. The van der Waals surface area contributed by atoms with E-state index >= 15 is 0 Å². The molecule has 2 nitrogen and oxygen atoms in total. The molecule has 8 aromatic carbocycles. The molecule has 212 valence electrons. The van der Waals surface area contributed by atoms with Crippen LogP contribution in [0.4, 0.5) is 0 Å². The van der Waals surface area contributed by atoms with Gasteiger partial charge in [-0.1, -0.05) is 121 Å². The molecular weight excluding hydrogens is 536 g/mol. The molecule has 0 fully saturated rings. The van der Waals surface area contributed by atoms with Crippen molar-refractivity contribution in [2.24, 2.45) is 0 Å². The van der Waals surface area contributed by atoms with Crippen molar-refractivity contribution in [2.75, 3.05) is 0 Å². The average Bonchev–Trinajstić information content (AvgIpc) is 3.00. The van der Waals surface area contributed by atoms with Crippen LogP contribution in [0.3, 0.4) is 0 Å². The maximum absolute atomic E-state index is 9.85. The lowest BCUT2D eigenvalue weighted by molar-refractivity contribution is 0.143. The van der Waals surface area contributed by atoms with Gasteiger partial charge < -0.3 is 10.2 Å². The largest absolute Gasteiger partial charge is 0.378 e. The Hall–Kier alpha value is -5.12. The normalized spacial score (nSPS) is 12.0. The van der Waals surface area contributed by atoms with Gasteiger partial charge in [0.05, 0.1) is 0 Å². The highest BCUT2D eigenvalue weighted by molar-refractivity contribution is 6.25. The van der Waals surface area contributed by atoms with E-state index in [2.05, 4.69) is 121 Å². The van der Waals surface area contributed by atoms with E-state index in [9.17, 15) is 10.2 Å². The highest BCUT2D eigenvalue weighted by Crippen LogP contribution is 2.37. The van der Waals surface area contributed by atoms with Gasteiger partial charge in [-0.05, 0) is 104 Å². The van der Waals surface area contributed by atoms with Crippen molar-refractivity contribution in [2.45, 2.75) is 38.9 Å². The Morgan fingerprint density at radius 3 is 1.02 bits per heavy atom. The highest BCUT2D eigenvalue weighted by atomic mass is 16.3. The molecule has 44 heavy (non-hydrogen) atoms. The van der Waals surface area contributed by atoms with E-state index in [0.29, 0.717) is 0 Å². The monoisotopic (exact) mass is 568 g/mol. The van der Waals surface area contributed by atoms with Crippen LogP contribution in [0.2, 0.25) is 0 Å². The second-order valence-electron chi connectivity index (χ2n) is 12.6. The fraction of sp³-hybridized carbons (Fsp3) is 0.143. The SMILES string of the molecule is CC(C)(O)C#Cc1ccc2ccc3cccc4ccc1c2c34.CC(C)(O)C#Cc1ccc2ccc3cccc4ccc1c2c34. The first-order chi connectivity index (χ1) is 21.1. The summed E-state index contributed by atoms with van der Waals surface area (Å²) in [6.45, 7) is 6.82. The van der Waals surface area contributed by atoms with Crippen molar-refractivity contribution in [1.82, 2.24) is 0 Å². The third-order valence-corrected chi connectivity index (χ3v) is 8.06. The Bertz CT molecular complexity index is 2260. The van der Waals surface area contributed by atoms with Crippen LogP contribution in [0.1, 0.15) is 38.8 Å². The molecule has 0 bridgehead atoms. The zero-order valence-corrected chi connectivity index (χ0v) is 25.3. The van der Waals surface area contributed by atoms with Crippen molar-refractivity contribution in [3.05, 3.63) is 120 Å². The topological polar surface area (TPSA) is 40.5 Å². The Kier molecular flexibility index (Phi) is 6.46. The van der Waals surface area contributed by atoms with E-state index in [-0.39, 0.29) is 0 Å². The molecule has 0 spiro atoms. The van der Waals surface area contributed by atoms with Gasteiger partial charge in [-0.15, -0.1) is 0 Å². The summed E-state index contributed by atoms with van der Waals surface area (Å²) in [5.74, 6) is 12.1. The molecule has 0 aliphatic rings. The van der Waals surface area contributed by atoms with Crippen LogP contribution in [-0.2, 0) is 0 Å². The minimum absolute atomic E-state index is 0.966. The molecule has 0 amide bonds. The van der Waals surface area contributed by atoms with Crippen LogP contribution in [0, 0.1) is 23.7 Å². The minimum atomic E-state index is -0.982. The van der Waals surface area contributed by atoms with Crippen molar-refractivity contribution in [1.29, 1.82) is 0 Å². The van der Waals surface area contributed by atoms with Crippen LogP contribution in [-0.4, -0.2) is 21.4 Å². The summed E-state index contributed by atoms with van der Waals surface area (Å²) in [4.78, 5) is 0. The van der Waals surface area contributed by atoms with Gasteiger partial charge in [0, 0.05) is 11.1 Å². The first-order valence-electron chi connectivity index (χ1n) is 14.9. The molecule has 0 atom stereocenters. The Labute approximate surface area is 257 Å². The zero-order valence-electron chi connectivity index (χ0n) is 25.3. The third-order valence-electron chi connectivity index (χ3n) is 8.06. The zero-order chi connectivity index (χ0) is 30.6. The van der Waals surface area contributed by atoms with Gasteiger partial charge in [0.15, 0.2) is 0 Å².